The Balaban J connectivity index is 1.67. The number of morpholine rings is 1. The van der Waals surface area contributed by atoms with Crippen LogP contribution in [0, 0.1) is 0 Å². The van der Waals surface area contributed by atoms with Crippen LogP contribution in [0.2, 0.25) is 0 Å². The molecule has 132 valence electrons. The summed E-state index contributed by atoms with van der Waals surface area (Å²) in [5.74, 6) is 0.361. The second kappa shape index (κ2) is 7.39. The van der Waals surface area contributed by atoms with Crippen LogP contribution >= 0.6 is 0 Å². The first kappa shape index (κ1) is 17.0. The molecule has 2 aromatic heterocycles. The lowest BCUT2D eigenvalue weighted by Gasteiger charge is -2.31. The van der Waals surface area contributed by atoms with E-state index >= 15 is 0 Å². The molecule has 9 nitrogen and oxygen atoms in total. The molecule has 0 aromatic carbocycles. The van der Waals surface area contributed by atoms with Crippen molar-refractivity contribution in [3.8, 4) is 0 Å². The molecule has 1 aliphatic rings. The molecule has 0 radical (unpaired) electrons. The average Bonchev–Trinajstić information content (AvgIpc) is 3.10. The van der Waals surface area contributed by atoms with Gasteiger partial charge in [-0.15, -0.1) is 0 Å². The number of hydrogen-bond acceptors (Lipinski definition) is 7. The van der Waals surface area contributed by atoms with Gasteiger partial charge in [0.15, 0.2) is 11.9 Å². The number of aromatic nitrogens is 3. The lowest BCUT2D eigenvalue weighted by molar-refractivity contribution is -0.148. The summed E-state index contributed by atoms with van der Waals surface area (Å²) in [5, 5.41) is 9.30. The van der Waals surface area contributed by atoms with E-state index in [1.54, 1.807) is 24.5 Å². The summed E-state index contributed by atoms with van der Waals surface area (Å²) < 4.78 is 10.5. The number of nitrogens with zero attached hydrogens (tertiary/aromatic N) is 3. The third-order valence-electron chi connectivity index (χ3n) is 3.71. The monoisotopic (exact) mass is 345 g/mol. The predicted octanol–water partition coefficient (Wildman–Crippen LogP) is 0.460. The van der Waals surface area contributed by atoms with E-state index in [0.29, 0.717) is 17.3 Å². The Labute approximate surface area is 144 Å². The second-order valence-corrected chi connectivity index (χ2v) is 5.98. The molecular weight excluding hydrogens is 326 g/mol. The van der Waals surface area contributed by atoms with Crippen LogP contribution in [-0.4, -0.2) is 39.6 Å². The van der Waals surface area contributed by atoms with Gasteiger partial charge < -0.3 is 19.9 Å². The number of nitrogens with one attached hydrogen (secondary N) is 2. The highest BCUT2D eigenvalue weighted by atomic mass is 16.5. The first-order valence-electron chi connectivity index (χ1n) is 7.95. The molecule has 25 heavy (non-hydrogen) atoms. The summed E-state index contributed by atoms with van der Waals surface area (Å²) in [5.41, 5.74) is 0.692. The van der Waals surface area contributed by atoms with E-state index in [-0.39, 0.29) is 30.9 Å². The van der Waals surface area contributed by atoms with Gasteiger partial charge in [-0.1, -0.05) is 25.1 Å². The van der Waals surface area contributed by atoms with Gasteiger partial charge in [-0.05, 0) is 11.6 Å². The Morgan fingerprint density at radius 1 is 1.48 bits per heavy atom. The number of carbonyl (C=O) groups excluding carboxylic acids is 2. The van der Waals surface area contributed by atoms with Crippen LogP contribution in [0.25, 0.3) is 0 Å². The van der Waals surface area contributed by atoms with Gasteiger partial charge in [0, 0.05) is 18.3 Å². The van der Waals surface area contributed by atoms with Gasteiger partial charge in [-0.3, -0.25) is 14.6 Å². The number of amides is 2. The molecule has 0 saturated carbocycles. The number of pyridine rings is 1. The van der Waals surface area contributed by atoms with Gasteiger partial charge >= 0.3 is 0 Å². The third-order valence-corrected chi connectivity index (χ3v) is 3.71. The molecule has 1 fully saturated rings. The Bertz CT molecular complexity index is 746. The topological polar surface area (TPSA) is 119 Å². The quantitative estimate of drug-likeness (QED) is 0.808. The number of rotatable bonds is 5. The summed E-state index contributed by atoms with van der Waals surface area (Å²) >= 11 is 0. The van der Waals surface area contributed by atoms with E-state index in [2.05, 4.69) is 25.8 Å². The summed E-state index contributed by atoms with van der Waals surface area (Å²) in [6.07, 6.45) is 2.35. The van der Waals surface area contributed by atoms with E-state index < -0.39 is 12.1 Å². The molecule has 9 heteroatoms. The molecule has 3 rings (SSSR count). The fraction of sp³-hybridized carbons (Fsp3) is 0.438. The largest absolute Gasteiger partial charge is 0.356 e. The van der Waals surface area contributed by atoms with Crippen molar-refractivity contribution < 1.29 is 18.8 Å². The number of hydrogen-bond donors (Lipinski definition) is 2. The number of carbonyl (C=O) groups is 2. The molecule has 3 heterocycles. The fourth-order valence-corrected chi connectivity index (χ4v) is 2.44. The van der Waals surface area contributed by atoms with Gasteiger partial charge in [-0.2, -0.15) is 4.98 Å². The molecular formula is C16H19N5O4. The van der Waals surface area contributed by atoms with Crippen LogP contribution in [0.4, 0.5) is 0 Å². The highest BCUT2D eigenvalue weighted by Gasteiger charge is 2.36. The van der Waals surface area contributed by atoms with Crippen LogP contribution in [0.15, 0.2) is 29.0 Å². The van der Waals surface area contributed by atoms with E-state index in [1.807, 2.05) is 13.8 Å². The highest BCUT2D eigenvalue weighted by molar-refractivity contribution is 5.86. The second-order valence-electron chi connectivity index (χ2n) is 5.98. The fourth-order valence-electron chi connectivity index (χ4n) is 2.44. The van der Waals surface area contributed by atoms with E-state index in [9.17, 15) is 9.59 Å². The lowest BCUT2D eigenvalue weighted by atomic mass is 10.0. The third kappa shape index (κ3) is 4.00. The first-order chi connectivity index (χ1) is 12.0. The maximum atomic E-state index is 12.5. The van der Waals surface area contributed by atoms with Crippen molar-refractivity contribution >= 4 is 11.8 Å². The summed E-state index contributed by atoms with van der Waals surface area (Å²) in [6, 6.07) is 2.91. The van der Waals surface area contributed by atoms with Crippen molar-refractivity contribution in [1.82, 2.24) is 25.8 Å². The Morgan fingerprint density at radius 2 is 2.32 bits per heavy atom. The van der Waals surface area contributed by atoms with Crippen molar-refractivity contribution in [3.63, 3.8) is 0 Å². The van der Waals surface area contributed by atoms with E-state index in [4.69, 9.17) is 9.26 Å². The minimum Gasteiger partial charge on any atom is -0.356 e. The van der Waals surface area contributed by atoms with Crippen molar-refractivity contribution in [2.24, 2.45) is 0 Å². The summed E-state index contributed by atoms with van der Waals surface area (Å²) in [6.45, 7) is 3.82. The zero-order chi connectivity index (χ0) is 17.8. The maximum Gasteiger partial charge on any atom is 0.252 e. The molecule has 1 aliphatic heterocycles. The van der Waals surface area contributed by atoms with Gasteiger partial charge in [0.05, 0.1) is 12.6 Å². The van der Waals surface area contributed by atoms with Crippen LogP contribution < -0.4 is 10.6 Å². The molecule has 2 atom stereocenters. The Morgan fingerprint density at radius 3 is 3.00 bits per heavy atom. The predicted molar refractivity (Wildman–Crippen MR) is 85.1 cm³/mol. The van der Waals surface area contributed by atoms with Gasteiger partial charge in [0.2, 0.25) is 11.8 Å². The molecule has 2 N–H and O–H groups in total. The Hall–Kier alpha value is -2.81. The van der Waals surface area contributed by atoms with Crippen molar-refractivity contribution in [2.45, 2.75) is 38.5 Å². The zero-order valence-electron chi connectivity index (χ0n) is 13.9. The molecule has 2 aromatic rings. The first-order valence-corrected chi connectivity index (χ1v) is 7.95. The molecule has 0 unspecified atom stereocenters. The number of ether oxygens (including phenoxy) is 1. The molecule has 0 bridgehead atoms. The van der Waals surface area contributed by atoms with Crippen LogP contribution in [0.1, 0.15) is 43.1 Å². The molecule has 0 spiro atoms. The van der Waals surface area contributed by atoms with E-state index in [1.165, 1.54) is 0 Å². The van der Waals surface area contributed by atoms with Crippen LogP contribution in [-0.2, 0) is 20.9 Å². The SMILES string of the molecule is CC(C)c1nc(CNC(=O)[C@H]2OCC(=O)N[C@@H]2c2cccnc2)no1. The minimum absolute atomic E-state index is 0.114. The van der Waals surface area contributed by atoms with Gasteiger partial charge in [-0.25, -0.2) is 0 Å². The van der Waals surface area contributed by atoms with Gasteiger partial charge in [0.1, 0.15) is 6.61 Å². The standard InChI is InChI=1S/C16H19N5O4/c1-9(2)16-19-11(21-25-16)7-18-15(23)14-13(20-12(22)8-24-14)10-4-3-5-17-6-10/h3-6,9,13-14H,7-8H2,1-2H3,(H,18,23)(H,20,22)/t13-,14+/m1/s1. The van der Waals surface area contributed by atoms with Crippen molar-refractivity contribution in [1.29, 1.82) is 0 Å². The van der Waals surface area contributed by atoms with Crippen molar-refractivity contribution in [3.05, 3.63) is 41.8 Å². The average molecular weight is 345 g/mol. The Kier molecular flexibility index (Phi) is 5.03. The van der Waals surface area contributed by atoms with Crippen LogP contribution in [0.3, 0.4) is 0 Å². The molecule has 1 saturated heterocycles. The summed E-state index contributed by atoms with van der Waals surface area (Å²) in [7, 11) is 0. The zero-order valence-corrected chi connectivity index (χ0v) is 13.9. The maximum absolute atomic E-state index is 12.5. The summed E-state index contributed by atoms with van der Waals surface area (Å²) in [4.78, 5) is 32.4. The van der Waals surface area contributed by atoms with Crippen LogP contribution in [0.5, 0.6) is 0 Å². The normalized spacial score (nSPS) is 20.4. The molecule has 2 amide bonds. The van der Waals surface area contributed by atoms with E-state index in [0.717, 1.165) is 0 Å². The molecule has 0 aliphatic carbocycles. The minimum atomic E-state index is -0.863. The van der Waals surface area contributed by atoms with Crippen molar-refractivity contribution in [2.75, 3.05) is 6.61 Å². The highest BCUT2D eigenvalue weighted by Crippen LogP contribution is 2.22. The smallest absolute Gasteiger partial charge is 0.252 e. The van der Waals surface area contributed by atoms with Gasteiger partial charge in [0.25, 0.3) is 5.91 Å². The lowest BCUT2D eigenvalue weighted by Crippen LogP contribution is -2.52.